The van der Waals surface area contributed by atoms with Crippen LogP contribution in [0.1, 0.15) is 54.4 Å². The second-order valence-corrected chi connectivity index (χ2v) is 12.9. The lowest BCUT2D eigenvalue weighted by molar-refractivity contribution is -0.144. The Hall–Kier alpha value is -2.08. The molecule has 2 rings (SSSR count). The van der Waals surface area contributed by atoms with E-state index in [4.69, 9.17) is 10.5 Å². The summed E-state index contributed by atoms with van der Waals surface area (Å²) in [5.74, 6) is -0.525. The zero-order valence-corrected chi connectivity index (χ0v) is 25.9. The number of nitrogens with two attached hydrogens (primary N) is 1. The highest BCUT2D eigenvalue weighted by Gasteiger charge is 2.38. The van der Waals surface area contributed by atoms with Crippen molar-refractivity contribution in [2.45, 2.75) is 66.6 Å². The van der Waals surface area contributed by atoms with Gasteiger partial charge in [-0.1, -0.05) is 34.6 Å². The molecule has 2 aliphatic rings. The van der Waals surface area contributed by atoms with Crippen molar-refractivity contribution in [1.29, 1.82) is 0 Å². The van der Waals surface area contributed by atoms with Crippen molar-refractivity contribution in [3.63, 3.8) is 0 Å². The number of amides is 3. The number of methoxy groups -OCH3 is 1. The molecule has 0 aliphatic carbocycles. The van der Waals surface area contributed by atoms with E-state index >= 15 is 0 Å². The third kappa shape index (κ3) is 11.1. The molecule has 0 radical (unpaired) electrons. The fourth-order valence-electron chi connectivity index (χ4n) is 5.21. The topological polar surface area (TPSA) is 133 Å². The van der Waals surface area contributed by atoms with Crippen molar-refractivity contribution in [2.24, 2.45) is 33.9 Å². The van der Waals surface area contributed by atoms with Crippen molar-refractivity contribution >= 4 is 23.9 Å². The lowest BCUT2D eigenvalue weighted by atomic mass is 9.91. The molecular formula is C29H55N7O4. The van der Waals surface area contributed by atoms with Crippen LogP contribution in [0.15, 0.2) is 4.99 Å². The van der Waals surface area contributed by atoms with E-state index in [1.54, 1.807) is 25.1 Å². The Morgan fingerprint density at radius 3 is 2.38 bits per heavy atom. The van der Waals surface area contributed by atoms with Crippen molar-refractivity contribution in [1.82, 2.24) is 25.3 Å². The van der Waals surface area contributed by atoms with E-state index < -0.39 is 12.1 Å². The predicted octanol–water partition coefficient (Wildman–Crippen LogP) is 0.784. The van der Waals surface area contributed by atoms with Gasteiger partial charge in [-0.05, 0) is 30.7 Å². The molecule has 0 aromatic carbocycles. The summed E-state index contributed by atoms with van der Waals surface area (Å²) >= 11 is 0. The summed E-state index contributed by atoms with van der Waals surface area (Å²) in [7, 11) is 1.66. The monoisotopic (exact) mass is 565 g/mol. The van der Waals surface area contributed by atoms with Crippen LogP contribution in [-0.2, 0) is 19.1 Å². The summed E-state index contributed by atoms with van der Waals surface area (Å²) in [5.41, 5.74) is 6.55. The Morgan fingerprint density at radius 2 is 1.80 bits per heavy atom. The van der Waals surface area contributed by atoms with E-state index in [2.05, 4.69) is 50.2 Å². The van der Waals surface area contributed by atoms with E-state index in [-0.39, 0.29) is 41.0 Å². The third-order valence-electron chi connectivity index (χ3n) is 7.41. The van der Waals surface area contributed by atoms with Gasteiger partial charge in [0.25, 0.3) is 0 Å². The van der Waals surface area contributed by atoms with Crippen LogP contribution in [0.5, 0.6) is 0 Å². The van der Waals surface area contributed by atoms with Crippen molar-refractivity contribution < 1.29 is 19.1 Å². The van der Waals surface area contributed by atoms with Crippen molar-refractivity contribution in [3.05, 3.63) is 0 Å². The van der Waals surface area contributed by atoms with E-state index in [0.29, 0.717) is 71.9 Å². The zero-order valence-electron chi connectivity index (χ0n) is 25.9. The standard InChI is InChI=1S/C29H55N7O4/c1-21(2)19-36(28(39)25(18-32-20-29(4,5)6)26(30)33-9-8-14-40-7)24-15-23(16-31-17-24)27(38)35-12-10-34(11-13-35)22(3)37/h18,21,23-26,31,33H,8-17,19-20,30H2,1-7H3/b32-18-/t23-,24+,25?,26?/m1/s1. The van der Waals surface area contributed by atoms with Crippen LogP contribution in [0.25, 0.3) is 0 Å². The molecule has 0 spiro atoms. The number of nitrogens with zero attached hydrogens (tertiary/aromatic N) is 4. The number of hydrogen-bond donors (Lipinski definition) is 3. The van der Waals surface area contributed by atoms with Gasteiger partial charge in [-0.2, -0.15) is 0 Å². The van der Waals surface area contributed by atoms with Crippen LogP contribution in [0.3, 0.4) is 0 Å². The van der Waals surface area contributed by atoms with Gasteiger partial charge in [-0.15, -0.1) is 0 Å². The Bertz CT molecular complexity index is 837. The number of rotatable bonds is 13. The van der Waals surface area contributed by atoms with Crippen LogP contribution < -0.4 is 16.4 Å². The van der Waals surface area contributed by atoms with Crippen LogP contribution in [-0.4, -0.2) is 123 Å². The first-order valence-electron chi connectivity index (χ1n) is 14.9. The molecule has 40 heavy (non-hydrogen) atoms. The summed E-state index contributed by atoms with van der Waals surface area (Å²) in [5, 5.41) is 6.71. The minimum Gasteiger partial charge on any atom is -0.385 e. The van der Waals surface area contributed by atoms with Gasteiger partial charge in [-0.3, -0.25) is 19.4 Å². The molecule has 0 aromatic heterocycles. The fourth-order valence-corrected chi connectivity index (χ4v) is 5.21. The normalized spacial score (nSPS) is 22.0. The molecule has 0 bridgehead atoms. The molecule has 0 aromatic rings. The first-order chi connectivity index (χ1) is 18.8. The van der Waals surface area contributed by atoms with Crippen LogP contribution in [0.4, 0.5) is 0 Å². The molecule has 4 atom stereocenters. The highest BCUT2D eigenvalue weighted by Crippen LogP contribution is 2.23. The number of piperazine rings is 1. The largest absolute Gasteiger partial charge is 0.385 e. The second kappa shape index (κ2) is 16.4. The maximum Gasteiger partial charge on any atom is 0.234 e. The molecule has 11 nitrogen and oxygen atoms in total. The lowest BCUT2D eigenvalue weighted by Gasteiger charge is -2.42. The Balaban J connectivity index is 2.19. The summed E-state index contributed by atoms with van der Waals surface area (Å²) < 4.78 is 5.15. The summed E-state index contributed by atoms with van der Waals surface area (Å²) in [4.78, 5) is 49.5. The Morgan fingerprint density at radius 1 is 1.15 bits per heavy atom. The maximum atomic E-state index is 14.2. The zero-order chi connectivity index (χ0) is 29.9. The molecule has 2 aliphatic heterocycles. The predicted molar refractivity (Wildman–Crippen MR) is 159 cm³/mol. The molecule has 2 heterocycles. The first kappa shape index (κ1) is 34.1. The number of ether oxygens (including phenoxy) is 1. The number of carbonyl (C=O) groups excluding carboxylic acids is 3. The molecular weight excluding hydrogens is 510 g/mol. The molecule has 230 valence electrons. The van der Waals surface area contributed by atoms with Gasteiger partial charge in [-0.25, -0.2) is 0 Å². The van der Waals surface area contributed by atoms with E-state index in [9.17, 15) is 14.4 Å². The number of piperidine rings is 1. The van der Waals surface area contributed by atoms with Gasteiger partial charge in [0.2, 0.25) is 17.7 Å². The first-order valence-corrected chi connectivity index (χ1v) is 14.9. The SMILES string of the molecule is COCCCNC(N)C(/C=N\CC(C)(C)C)C(=O)N(CC(C)C)[C@@H]1CNC[C@H](C(=O)N2CCN(C(C)=O)CC2)C1. The van der Waals surface area contributed by atoms with Crippen LogP contribution >= 0.6 is 0 Å². The summed E-state index contributed by atoms with van der Waals surface area (Å²) in [6, 6.07) is -0.129. The van der Waals surface area contributed by atoms with Gasteiger partial charge >= 0.3 is 0 Å². The van der Waals surface area contributed by atoms with Gasteiger partial charge in [0, 0.05) is 85.3 Å². The van der Waals surface area contributed by atoms with Gasteiger partial charge < -0.3 is 35.8 Å². The smallest absolute Gasteiger partial charge is 0.234 e. The molecule has 2 unspecified atom stereocenters. The van der Waals surface area contributed by atoms with E-state index in [0.717, 1.165) is 6.42 Å². The van der Waals surface area contributed by atoms with Crippen molar-refractivity contribution in [3.8, 4) is 0 Å². The minimum atomic E-state index is -0.626. The molecule has 2 fully saturated rings. The molecule has 4 N–H and O–H groups in total. The molecule has 11 heteroatoms. The summed E-state index contributed by atoms with van der Waals surface area (Å²) in [6.45, 7) is 17.9. The molecule has 3 amide bonds. The number of carbonyl (C=O) groups is 3. The number of nitrogens with one attached hydrogen (secondary N) is 2. The van der Waals surface area contributed by atoms with Crippen LogP contribution in [0, 0.1) is 23.2 Å². The second-order valence-electron chi connectivity index (χ2n) is 12.9. The summed E-state index contributed by atoms with van der Waals surface area (Å²) in [6.07, 6.45) is 2.52. The highest BCUT2D eigenvalue weighted by atomic mass is 16.5. The number of hydrogen-bond acceptors (Lipinski definition) is 8. The van der Waals surface area contributed by atoms with E-state index in [1.807, 2.05) is 9.80 Å². The van der Waals surface area contributed by atoms with Gasteiger partial charge in [0.05, 0.1) is 12.1 Å². The Labute approximate surface area is 241 Å². The highest BCUT2D eigenvalue weighted by molar-refractivity contribution is 5.94. The van der Waals surface area contributed by atoms with E-state index in [1.165, 1.54) is 0 Å². The minimum absolute atomic E-state index is 0.00548. The average Bonchev–Trinajstić information content (AvgIpc) is 2.90. The maximum absolute atomic E-state index is 14.2. The third-order valence-corrected chi connectivity index (χ3v) is 7.41. The van der Waals surface area contributed by atoms with Gasteiger partial charge in [0.1, 0.15) is 5.92 Å². The van der Waals surface area contributed by atoms with Crippen molar-refractivity contribution in [2.75, 3.05) is 72.6 Å². The number of aliphatic imine (C=N–C) groups is 1. The average molecular weight is 566 g/mol. The quantitative estimate of drug-likeness (QED) is 0.171. The lowest BCUT2D eigenvalue weighted by Crippen LogP contribution is -2.60. The Kier molecular flexibility index (Phi) is 14.0. The van der Waals surface area contributed by atoms with Gasteiger partial charge in [0.15, 0.2) is 0 Å². The molecule has 2 saturated heterocycles. The van der Waals surface area contributed by atoms with Crippen LogP contribution in [0.2, 0.25) is 0 Å². The fraction of sp³-hybridized carbons (Fsp3) is 0.862. The molecule has 0 saturated carbocycles.